The molecule has 5 aliphatic rings. The van der Waals surface area contributed by atoms with Crippen molar-refractivity contribution in [3.8, 4) is 23.0 Å². The molecule has 4 heterocycles. The van der Waals surface area contributed by atoms with Crippen LogP contribution in [0.2, 0.25) is 0 Å². The van der Waals surface area contributed by atoms with Crippen LogP contribution in [0.1, 0.15) is 18.4 Å². The lowest BCUT2D eigenvalue weighted by Gasteiger charge is -2.51. The molecule has 1 saturated carbocycles. The Bertz CT molecular complexity index is 2550. The number of phenolic OH excluding ortho intramolecular Hbond substituents is 1. The number of aromatic hydroxyl groups is 1. The van der Waals surface area contributed by atoms with E-state index in [4.69, 9.17) is 32.4 Å². The van der Waals surface area contributed by atoms with E-state index in [0.29, 0.717) is 50.7 Å². The molecule has 3 fully saturated rings. The Morgan fingerprint density at radius 3 is 2.33 bits per heavy atom. The van der Waals surface area contributed by atoms with Gasteiger partial charge in [-0.2, -0.15) is 0 Å². The van der Waals surface area contributed by atoms with E-state index in [1.165, 1.54) is 29.4 Å². The molecule has 5 aromatic rings. The van der Waals surface area contributed by atoms with Gasteiger partial charge in [-0.05, 0) is 103 Å². The largest absolute Gasteiger partial charge is 0.508 e. The number of imide groups is 2. The van der Waals surface area contributed by atoms with Crippen molar-refractivity contribution in [1.82, 2.24) is 4.98 Å². The molecular weight excluding hydrogens is 748 g/mol. The third-order valence-electron chi connectivity index (χ3n) is 11.7. The minimum Gasteiger partial charge on any atom is -0.508 e. The second-order valence-electron chi connectivity index (χ2n) is 14.6. The zero-order valence-corrected chi connectivity index (χ0v) is 30.1. The van der Waals surface area contributed by atoms with Gasteiger partial charge in [-0.1, -0.05) is 23.8 Å². The van der Waals surface area contributed by atoms with Crippen molar-refractivity contribution in [2.45, 2.75) is 29.0 Å². The van der Waals surface area contributed by atoms with Crippen LogP contribution in [-0.4, -0.2) is 43.5 Å². The lowest BCUT2D eigenvalue weighted by Crippen LogP contribution is -2.61. The Kier molecular flexibility index (Phi) is 7.28. The summed E-state index contributed by atoms with van der Waals surface area (Å²) in [5, 5.41) is 10.3. The number of carbonyl (C=O) groups excluding carboxylic acids is 4. The van der Waals surface area contributed by atoms with E-state index in [2.05, 4.69) is 4.98 Å². The number of rotatable bonds is 4. The Hall–Kier alpha value is -5.78. The first-order valence-corrected chi connectivity index (χ1v) is 18.5. The predicted molar refractivity (Wildman–Crippen MR) is 200 cm³/mol. The third kappa shape index (κ3) is 4.69. The molecule has 1 aromatic heterocycles. The molecule has 55 heavy (non-hydrogen) atoms. The van der Waals surface area contributed by atoms with Gasteiger partial charge in [-0.3, -0.25) is 24.1 Å². The molecule has 10 nitrogen and oxygen atoms in total. The summed E-state index contributed by atoms with van der Waals surface area (Å²) in [4.78, 5) is 60.4. The molecule has 0 radical (unpaired) electrons. The predicted octanol–water partition coefficient (Wildman–Crippen LogP) is 7.46. The van der Waals surface area contributed by atoms with Crippen LogP contribution in [-0.2, 0) is 25.6 Å². The number of halogens is 3. The summed E-state index contributed by atoms with van der Waals surface area (Å²) < 4.78 is 25.9. The van der Waals surface area contributed by atoms with E-state index in [0.717, 1.165) is 17.0 Å². The molecule has 274 valence electrons. The maximum Gasteiger partial charge on any atom is 0.258 e. The van der Waals surface area contributed by atoms with E-state index in [9.17, 15) is 28.7 Å². The molecule has 0 spiro atoms. The number of fused-ring (bicyclic) bond motifs is 6. The van der Waals surface area contributed by atoms with Crippen LogP contribution in [0.25, 0.3) is 22.6 Å². The van der Waals surface area contributed by atoms with Gasteiger partial charge in [0.1, 0.15) is 22.8 Å². The van der Waals surface area contributed by atoms with E-state index in [1.807, 2.05) is 30.3 Å². The average Bonchev–Trinajstić information content (AvgIpc) is 3.78. The number of allylic oxidation sites excluding steroid dienone is 3. The molecule has 6 unspecified atom stereocenters. The molecule has 6 atom stereocenters. The average molecular weight is 777 g/mol. The fourth-order valence-corrected chi connectivity index (χ4v) is 10.2. The van der Waals surface area contributed by atoms with Crippen molar-refractivity contribution >= 4 is 69.3 Å². The van der Waals surface area contributed by atoms with Gasteiger partial charge in [-0.25, -0.2) is 14.3 Å². The first-order chi connectivity index (χ1) is 26.5. The smallest absolute Gasteiger partial charge is 0.258 e. The lowest BCUT2D eigenvalue weighted by molar-refractivity contribution is -0.125. The second kappa shape index (κ2) is 11.9. The summed E-state index contributed by atoms with van der Waals surface area (Å²) in [5.74, 6) is -5.67. The summed E-state index contributed by atoms with van der Waals surface area (Å²) in [7, 11) is 0. The van der Waals surface area contributed by atoms with Crippen LogP contribution < -0.4 is 14.5 Å². The van der Waals surface area contributed by atoms with Crippen molar-refractivity contribution in [2.75, 3.05) is 9.80 Å². The van der Waals surface area contributed by atoms with Gasteiger partial charge >= 0.3 is 0 Å². The van der Waals surface area contributed by atoms with Crippen LogP contribution in [0.15, 0.2) is 119 Å². The number of phenols is 1. The molecule has 10 rings (SSSR count). The molecule has 3 aliphatic heterocycles. The minimum absolute atomic E-state index is 0.00349. The van der Waals surface area contributed by atoms with Gasteiger partial charge in [0.15, 0.2) is 15.3 Å². The molecule has 4 aromatic carbocycles. The van der Waals surface area contributed by atoms with Gasteiger partial charge in [0.05, 0.1) is 29.5 Å². The van der Waals surface area contributed by atoms with Gasteiger partial charge in [0.25, 0.3) is 11.8 Å². The van der Waals surface area contributed by atoms with E-state index in [1.54, 1.807) is 36.4 Å². The number of alkyl halides is 2. The standard InChI is InChI=1S/C42H28Cl2FN3O7/c43-41-19-30-28(14-15-29-34(30)38(51)47(37(29)50)25-9-5-21(6-10-25)36-46-31-3-1-2-4-33(31)55-36)35(23-17-22-18-27(49)13-16-32(22)54-20-23)42(41,44)40(53)48(39(41)52)26-11-7-24(45)8-12-26/h1-14,16,18,20,29-30,34-35,49H,15,17,19H2. The van der Waals surface area contributed by atoms with Crippen LogP contribution >= 0.6 is 23.2 Å². The number of aromatic nitrogens is 1. The lowest BCUT2D eigenvalue weighted by atomic mass is 9.56. The molecule has 2 saturated heterocycles. The van der Waals surface area contributed by atoms with Gasteiger partial charge < -0.3 is 14.3 Å². The molecule has 1 N–H and O–H groups in total. The number of benzene rings is 4. The number of hydrogen-bond donors (Lipinski definition) is 1. The van der Waals surface area contributed by atoms with E-state index < -0.39 is 62.9 Å². The Labute approximate surface area is 322 Å². The highest BCUT2D eigenvalue weighted by molar-refractivity contribution is 6.58. The van der Waals surface area contributed by atoms with Crippen molar-refractivity contribution in [1.29, 1.82) is 0 Å². The summed E-state index contributed by atoms with van der Waals surface area (Å²) in [5.41, 5.74) is 4.14. The van der Waals surface area contributed by atoms with Crippen molar-refractivity contribution in [2.24, 2.45) is 23.7 Å². The van der Waals surface area contributed by atoms with Gasteiger partial charge in [0, 0.05) is 23.5 Å². The zero-order valence-electron chi connectivity index (χ0n) is 28.6. The fraction of sp³-hybridized carbons (Fsp3) is 0.214. The number of para-hydroxylation sites is 2. The quantitative estimate of drug-likeness (QED) is 0.113. The molecule has 2 aliphatic carbocycles. The van der Waals surface area contributed by atoms with Gasteiger partial charge in [0.2, 0.25) is 17.7 Å². The highest BCUT2D eigenvalue weighted by Gasteiger charge is 2.77. The fourth-order valence-electron chi connectivity index (χ4n) is 9.21. The Morgan fingerprint density at radius 1 is 0.836 bits per heavy atom. The summed E-state index contributed by atoms with van der Waals surface area (Å²) >= 11 is 15.0. The van der Waals surface area contributed by atoms with Crippen LogP contribution in [0.5, 0.6) is 11.5 Å². The van der Waals surface area contributed by atoms with Crippen LogP contribution in [0.4, 0.5) is 15.8 Å². The first kappa shape index (κ1) is 33.8. The zero-order chi connectivity index (χ0) is 38.0. The number of amides is 4. The summed E-state index contributed by atoms with van der Waals surface area (Å²) in [6.07, 6.45) is 3.45. The van der Waals surface area contributed by atoms with Crippen molar-refractivity contribution in [3.05, 3.63) is 126 Å². The third-order valence-corrected chi connectivity index (χ3v) is 13.1. The van der Waals surface area contributed by atoms with Crippen molar-refractivity contribution in [3.63, 3.8) is 0 Å². The first-order valence-electron chi connectivity index (χ1n) is 17.7. The van der Waals surface area contributed by atoms with Gasteiger partial charge in [-0.15, -0.1) is 23.2 Å². The maximum absolute atomic E-state index is 14.7. The number of ether oxygens (including phenoxy) is 1. The Balaban J connectivity index is 1.05. The minimum atomic E-state index is -2.11. The highest BCUT2D eigenvalue weighted by atomic mass is 35.5. The van der Waals surface area contributed by atoms with Crippen molar-refractivity contribution < 1.29 is 37.8 Å². The second-order valence-corrected chi connectivity index (χ2v) is 15.8. The number of nitrogens with zero attached hydrogens (tertiary/aromatic N) is 3. The summed E-state index contributed by atoms with van der Waals surface area (Å²) in [6, 6.07) is 23.7. The molecule has 0 bridgehead atoms. The maximum atomic E-state index is 14.7. The Morgan fingerprint density at radius 2 is 1.56 bits per heavy atom. The van der Waals surface area contributed by atoms with E-state index >= 15 is 0 Å². The molecular formula is C42H28Cl2FN3O7. The summed E-state index contributed by atoms with van der Waals surface area (Å²) in [6.45, 7) is 0. The number of anilines is 2. The monoisotopic (exact) mass is 775 g/mol. The SMILES string of the molecule is O=C1C2CC=C3C(CC4(Cl)C(=O)N(c5ccc(F)cc5)C(=O)C4(Cl)C3C3=COc4ccc(O)cc4C3)C2C(=O)N1c1ccc(-c2nc3ccccc3o2)cc1. The topological polar surface area (TPSA) is 130 Å². The normalized spacial score (nSPS) is 28.3. The van der Waals surface area contributed by atoms with Crippen LogP contribution in [0, 0.1) is 29.5 Å². The van der Waals surface area contributed by atoms with Crippen LogP contribution in [0.3, 0.4) is 0 Å². The van der Waals surface area contributed by atoms with E-state index in [-0.39, 0.29) is 30.7 Å². The highest BCUT2D eigenvalue weighted by Crippen LogP contribution is 2.65. The number of hydrogen-bond acceptors (Lipinski definition) is 8. The number of carbonyl (C=O) groups is 4. The molecule has 13 heteroatoms. The molecule has 4 amide bonds. The number of oxazole rings is 1.